The van der Waals surface area contributed by atoms with Crippen molar-refractivity contribution in [2.75, 3.05) is 0 Å². The molecule has 0 aliphatic carbocycles. The molecule has 1 unspecified atom stereocenters. The summed E-state index contributed by atoms with van der Waals surface area (Å²) >= 11 is 0. The molecule has 0 aliphatic rings. The van der Waals surface area contributed by atoms with Crippen LogP contribution in [-0.4, -0.2) is 5.97 Å². The van der Waals surface area contributed by atoms with Crippen LogP contribution in [0.5, 0.6) is 0 Å². The molecule has 0 aromatic heterocycles. The van der Waals surface area contributed by atoms with Crippen LogP contribution in [0, 0.1) is 0 Å². The number of hydrogen-bond acceptors (Lipinski definition) is 2. The van der Waals surface area contributed by atoms with E-state index < -0.39 is 18.7 Å². The Labute approximate surface area is 69.4 Å². The quantitative estimate of drug-likeness (QED) is 0.349. The Kier molecular flexibility index (Phi) is 4.03. The molecule has 3 heteroatoms. The molecule has 0 heterocycles. The fraction of sp³-hybridized carbons (Fsp3) is 0.750. The Bertz CT molecular complexity index is 126. The molecule has 0 bridgehead atoms. The molecular weight excluding hydrogens is 103 g/mol. The maximum absolute atomic E-state index is 9.86. The second-order valence-electron chi connectivity index (χ2n) is 0.720. The SMILES string of the molecule is [2H]C(C)C([2H])([2H])C(=O)[O-].[Na+]. The smallest absolute Gasteiger partial charge is 0.550 e. The summed E-state index contributed by atoms with van der Waals surface area (Å²) in [7, 11) is 0. The van der Waals surface area contributed by atoms with Gasteiger partial charge in [0.05, 0.1) is 0 Å². The monoisotopic (exact) mass is 113 g/mol. The van der Waals surface area contributed by atoms with Gasteiger partial charge in [0.25, 0.3) is 0 Å². The van der Waals surface area contributed by atoms with Gasteiger partial charge in [-0.1, -0.05) is 13.3 Å². The standard InChI is InChI=1S/C4H8O2.Na/c1-2-3-4(5)6;/h2-3H2,1H3,(H,5,6);/q;+1/p-1/i2D,3D2;. The van der Waals surface area contributed by atoms with Gasteiger partial charge in [0.15, 0.2) is 0 Å². The maximum atomic E-state index is 9.86. The molecule has 36 valence electrons. The third kappa shape index (κ3) is 10.7. The first-order valence-electron chi connectivity index (χ1n) is 3.10. The molecule has 0 saturated heterocycles. The van der Waals surface area contributed by atoms with Gasteiger partial charge < -0.3 is 9.90 Å². The van der Waals surface area contributed by atoms with Crippen molar-refractivity contribution >= 4 is 5.97 Å². The molecule has 0 N–H and O–H groups in total. The van der Waals surface area contributed by atoms with Gasteiger partial charge in [0, 0.05) is 10.1 Å². The van der Waals surface area contributed by atoms with Crippen molar-refractivity contribution in [1.29, 1.82) is 0 Å². The van der Waals surface area contributed by atoms with Crippen molar-refractivity contribution < 1.29 is 43.6 Å². The van der Waals surface area contributed by atoms with Crippen LogP contribution >= 0.6 is 0 Å². The molecular formula is C4H7NaO2. The number of hydrogen-bond donors (Lipinski definition) is 0. The Hall–Kier alpha value is 0.470. The fourth-order valence-electron chi connectivity index (χ4n) is 0.118. The summed E-state index contributed by atoms with van der Waals surface area (Å²) in [6.45, 7) is 1.16. The molecule has 0 fully saturated rings. The average Bonchev–Trinajstić information content (AvgIpc) is 1.65. The number of aliphatic carboxylic acids is 1. The molecule has 1 atom stereocenters. The number of rotatable bonds is 2. The van der Waals surface area contributed by atoms with E-state index in [1.54, 1.807) is 0 Å². The molecule has 0 rings (SSSR count). The third-order valence-corrected chi connectivity index (χ3v) is 0.262. The molecule has 0 aromatic rings. The van der Waals surface area contributed by atoms with Crippen molar-refractivity contribution in [2.24, 2.45) is 0 Å². The van der Waals surface area contributed by atoms with Crippen LogP contribution in [0.1, 0.15) is 23.8 Å². The van der Waals surface area contributed by atoms with E-state index in [0.29, 0.717) is 0 Å². The molecule has 0 radical (unpaired) electrons. The molecule has 2 nitrogen and oxygen atoms in total. The van der Waals surface area contributed by atoms with Crippen LogP contribution in [0.15, 0.2) is 0 Å². The van der Waals surface area contributed by atoms with Crippen LogP contribution in [0.3, 0.4) is 0 Å². The normalized spacial score (nSPS) is 19.9. The molecule has 7 heavy (non-hydrogen) atoms. The number of carbonyl (C=O) groups is 1. The van der Waals surface area contributed by atoms with E-state index in [9.17, 15) is 9.90 Å². The van der Waals surface area contributed by atoms with E-state index >= 15 is 0 Å². The molecule has 0 aromatic carbocycles. The van der Waals surface area contributed by atoms with Crippen molar-refractivity contribution in [3.05, 3.63) is 0 Å². The molecule has 0 spiro atoms. The van der Waals surface area contributed by atoms with Gasteiger partial charge >= 0.3 is 29.6 Å². The first-order chi connectivity index (χ1) is 3.89. The van der Waals surface area contributed by atoms with E-state index in [0.717, 1.165) is 6.92 Å². The van der Waals surface area contributed by atoms with Crippen LogP contribution in [0.25, 0.3) is 0 Å². The number of carbonyl (C=O) groups excluding carboxylic acids is 1. The molecule has 0 amide bonds. The summed E-state index contributed by atoms with van der Waals surface area (Å²) in [5.74, 6) is -1.83. The van der Waals surface area contributed by atoms with E-state index in [-0.39, 0.29) is 29.6 Å². The minimum atomic E-state index is -2.53. The zero-order valence-electron chi connectivity index (χ0n) is 7.39. The van der Waals surface area contributed by atoms with Crippen molar-refractivity contribution in [3.8, 4) is 0 Å². The molecule has 0 saturated carbocycles. The van der Waals surface area contributed by atoms with E-state index in [1.165, 1.54) is 0 Å². The van der Waals surface area contributed by atoms with Gasteiger partial charge in [-0.05, 0) is 6.37 Å². The molecule has 0 aliphatic heterocycles. The summed E-state index contributed by atoms with van der Waals surface area (Å²) in [5, 5.41) is 9.86. The van der Waals surface area contributed by atoms with Gasteiger partial charge in [-0.15, -0.1) is 0 Å². The van der Waals surface area contributed by atoms with Crippen LogP contribution in [0.2, 0.25) is 0 Å². The minimum absolute atomic E-state index is 0. The van der Waals surface area contributed by atoms with Crippen molar-refractivity contribution in [2.45, 2.75) is 19.7 Å². The van der Waals surface area contributed by atoms with Gasteiger partial charge in [0.1, 0.15) is 0 Å². The summed E-state index contributed by atoms with van der Waals surface area (Å²) < 4.78 is 20.0. The topological polar surface area (TPSA) is 40.1 Å². The predicted molar refractivity (Wildman–Crippen MR) is 19.9 cm³/mol. The zero-order chi connectivity index (χ0) is 7.65. The summed E-state index contributed by atoms with van der Waals surface area (Å²) in [4.78, 5) is 9.86. The Morgan fingerprint density at radius 2 is 2.43 bits per heavy atom. The third-order valence-electron chi connectivity index (χ3n) is 0.262. The first-order valence-corrected chi connectivity index (χ1v) is 1.52. The maximum Gasteiger partial charge on any atom is 1.00 e. The second kappa shape index (κ2) is 6.47. The fourth-order valence-corrected chi connectivity index (χ4v) is 0.118. The Balaban J connectivity index is 0. The minimum Gasteiger partial charge on any atom is -0.550 e. The van der Waals surface area contributed by atoms with E-state index in [2.05, 4.69) is 0 Å². The summed E-state index contributed by atoms with van der Waals surface area (Å²) in [5.41, 5.74) is 0. The van der Waals surface area contributed by atoms with Crippen LogP contribution in [-0.2, 0) is 4.79 Å². The largest absolute Gasteiger partial charge is 1.00 e. The number of carboxylic acid groups (broad SMARTS) is 1. The summed E-state index contributed by atoms with van der Waals surface area (Å²) in [6.07, 6.45) is -3.82. The predicted octanol–water partition coefficient (Wildman–Crippen LogP) is -3.46. The Morgan fingerprint density at radius 1 is 2.00 bits per heavy atom. The average molecular weight is 113 g/mol. The summed E-state index contributed by atoms with van der Waals surface area (Å²) in [6, 6.07) is 0. The van der Waals surface area contributed by atoms with Crippen molar-refractivity contribution in [3.63, 3.8) is 0 Å². The van der Waals surface area contributed by atoms with Crippen molar-refractivity contribution in [1.82, 2.24) is 0 Å². The van der Waals surface area contributed by atoms with E-state index in [1.807, 2.05) is 0 Å². The van der Waals surface area contributed by atoms with Gasteiger partial charge in [-0.2, -0.15) is 0 Å². The van der Waals surface area contributed by atoms with Gasteiger partial charge in [0.2, 0.25) is 0 Å². The number of carboxylic acids is 1. The van der Waals surface area contributed by atoms with E-state index in [4.69, 9.17) is 4.11 Å². The first kappa shape index (κ1) is 4.36. The zero-order valence-corrected chi connectivity index (χ0v) is 6.39. The van der Waals surface area contributed by atoms with Gasteiger partial charge in [-0.3, -0.25) is 0 Å². The van der Waals surface area contributed by atoms with Gasteiger partial charge in [-0.25, -0.2) is 0 Å². The van der Waals surface area contributed by atoms with Crippen LogP contribution in [0.4, 0.5) is 0 Å². The Morgan fingerprint density at radius 3 is 2.43 bits per heavy atom. The van der Waals surface area contributed by atoms with Crippen LogP contribution < -0.4 is 34.7 Å². The second-order valence-corrected chi connectivity index (χ2v) is 0.720.